The maximum absolute atomic E-state index is 14.2. The zero-order valence-corrected chi connectivity index (χ0v) is 13.7. The lowest BCUT2D eigenvalue weighted by atomic mass is 10.0. The fourth-order valence-electron chi connectivity index (χ4n) is 3.24. The molecule has 1 atom stereocenters. The molecule has 2 heterocycles. The summed E-state index contributed by atoms with van der Waals surface area (Å²) in [5.41, 5.74) is 0.927. The topological polar surface area (TPSA) is 39.1 Å². The summed E-state index contributed by atoms with van der Waals surface area (Å²) in [7, 11) is 0. The van der Waals surface area contributed by atoms with Crippen molar-refractivity contribution in [2.45, 2.75) is 12.8 Å². The Kier molecular flexibility index (Phi) is 4.36. The Morgan fingerprint density at radius 3 is 2.88 bits per heavy atom. The lowest BCUT2D eigenvalue weighted by molar-refractivity contribution is 0.213. The third-order valence-electron chi connectivity index (χ3n) is 4.54. The summed E-state index contributed by atoms with van der Waals surface area (Å²) >= 11 is 0. The number of aromatic nitrogens is 2. The Bertz CT molecular complexity index is 888. The zero-order chi connectivity index (χ0) is 17.2. The lowest BCUT2D eigenvalue weighted by Gasteiger charge is -2.22. The molecule has 1 aromatic heterocycles. The second-order valence-corrected chi connectivity index (χ2v) is 6.35. The first kappa shape index (κ1) is 16.0. The average molecular weight is 343 g/mol. The van der Waals surface area contributed by atoms with E-state index in [0.29, 0.717) is 35.0 Å². The molecule has 4 nitrogen and oxygen atoms in total. The van der Waals surface area contributed by atoms with Gasteiger partial charge in [-0.15, -0.1) is 5.10 Å². The maximum atomic E-state index is 14.2. The molecule has 0 radical (unpaired) electrons. The number of para-hydroxylation sites is 1. The molecule has 1 fully saturated rings. The third kappa shape index (κ3) is 3.22. The van der Waals surface area contributed by atoms with Crippen LogP contribution in [0.1, 0.15) is 12.8 Å². The summed E-state index contributed by atoms with van der Waals surface area (Å²) in [6.07, 6.45) is 2.21. The molecule has 0 amide bonds. The van der Waals surface area contributed by atoms with Gasteiger partial charge < -0.3 is 10.1 Å². The first-order valence-electron chi connectivity index (χ1n) is 8.49. The largest absolute Gasteiger partial charge is 0.476 e. The van der Waals surface area contributed by atoms with Crippen LogP contribution in [-0.4, -0.2) is 29.5 Å². The van der Waals surface area contributed by atoms with Crippen LogP contribution in [0.3, 0.4) is 0 Å². The molecule has 1 aliphatic rings. The zero-order valence-electron chi connectivity index (χ0n) is 13.7. The van der Waals surface area contributed by atoms with E-state index in [1.165, 1.54) is 22.9 Å². The summed E-state index contributed by atoms with van der Waals surface area (Å²) in [5, 5.41) is 8.30. The summed E-state index contributed by atoms with van der Waals surface area (Å²) in [6.45, 7) is 2.44. The summed E-state index contributed by atoms with van der Waals surface area (Å²) in [5.74, 6) is -0.0247. The highest BCUT2D eigenvalue weighted by molar-refractivity contribution is 5.86. The van der Waals surface area contributed by atoms with Crippen molar-refractivity contribution in [3.63, 3.8) is 0 Å². The fourth-order valence-corrected chi connectivity index (χ4v) is 3.24. The van der Waals surface area contributed by atoms with E-state index >= 15 is 0 Å². The number of halogens is 2. The van der Waals surface area contributed by atoms with Gasteiger partial charge in [0, 0.05) is 12.5 Å². The van der Waals surface area contributed by atoms with E-state index in [2.05, 4.69) is 10.4 Å². The van der Waals surface area contributed by atoms with Crippen molar-refractivity contribution in [2.24, 2.45) is 5.92 Å². The molecule has 0 saturated carbocycles. The number of hydrogen-bond acceptors (Lipinski definition) is 3. The Morgan fingerprint density at radius 2 is 2.08 bits per heavy atom. The Balaban J connectivity index is 1.71. The van der Waals surface area contributed by atoms with Gasteiger partial charge in [-0.05, 0) is 49.7 Å². The number of rotatable bonds is 4. The van der Waals surface area contributed by atoms with Gasteiger partial charge in [-0.3, -0.25) is 0 Å². The van der Waals surface area contributed by atoms with Gasteiger partial charge in [0.2, 0.25) is 5.88 Å². The van der Waals surface area contributed by atoms with Crippen LogP contribution in [0.4, 0.5) is 8.78 Å². The number of nitrogens with zero attached hydrogens (tertiary/aromatic N) is 2. The minimum Gasteiger partial charge on any atom is -0.476 e. The van der Waals surface area contributed by atoms with Gasteiger partial charge in [-0.2, -0.15) is 0 Å². The van der Waals surface area contributed by atoms with Crippen molar-refractivity contribution >= 4 is 10.9 Å². The van der Waals surface area contributed by atoms with Crippen molar-refractivity contribution in [1.29, 1.82) is 0 Å². The van der Waals surface area contributed by atoms with E-state index < -0.39 is 0 Å². The number of nitrogens with one attached hydrogen (secondary N) is 1. The molecule has 1 saturated heterocycles. The van der Waals surface area contributed by atoms with Crippen LogP contribution < -0.4 is 10.1 Å². The van der Waals surface area contributed by atoms with Gasteiger partial charge >= 0.3 is 0 Å². The highest BCUT2D eigenvalue weighted by Gasteiger charge is 2.19. The predicted molar refractivity (Wildman–Crippen MR) is 92.1 cm³/mol. The normalized spacial score (nSPS) is 17.8. The van der Waals surface area contributed by atoms with Crippen molar-refractivity contribution < 1.29 is 13.5 Å². The summed E-state index contributed by atoms with van der Waals surface area (Å²) in [6, 6.07) is 10.7. The molecule has 0 spiro atoms. The molecule has 0 aliphatic carbocycles. The van der Waals surface area contributed by atoms with Crippen LogP contribution in [0.25, 0.3) is 16.6 Å². The molecule has 0 bridgehead atoms. The van der Waals surface area contributed by atoms with Crippen molar-refractivity contribution in [2.75, 3.05) is 19.7 Å². The van der Waals surface area contributed by atoms with Crippen LogP contribution in [-0.2, 0) is 0 Å². The van der Waals surface area contributed by atoms with Crippen molar-refractivity contribution in [1.82, 2.24) is 15.1 Å². The van der Waals surface area contributed by atoms with Gasteiger partial charge in [-0.25, -0.2) is 13.5 Å². The lowest BCUT2D eigenvalue weighted by Crippen LogP contribution is -2.33. The van der Waals surface area contributed by atoms with E-state index in [-0.39, 0.29) is 11.6 Å². The highest BCUT2D eigenvalue weighted by atomic mass is 19.1. The predicted octanol–water partition coefficient (Wildman–Crippen LogP) is 3.68. The molecule has 2 aromatic carbocycles. The Labute approximate surface area is 144 Å². The van der Waals surface area contributed by atoms with Crippen molar-refractivity contribution in [3.8, 4) is 11.6 Å². The number of fused-ring (bicyclic) bond motifs is 1. The van der Waals surface area contributed by atoms with E-state index in [9.17, 15) is 8.78 Å². The first-order valence-corrected chi connectivity index (χ1v) is 8.49. The van der Waals surface area contributed by atoms with Gasteiger partial charge in [0.15, 0.2) is 0 Å². The summed E-state index contributed by atoms with van der Waals surface area (Å²) in [4.78, 5) is 0. The quantitative estimate of drug-likeness (QED) is 0.785. The Hall–Kier alpha value is -2.47. The fraction of sp³-hybridized carbons (Fsp3) is 0.316. The molecule has 1 aliphatic heterocycles. The number of ether oxygens (including phenoxy) is 1. The monoisotopic (exact) mass is 343 g/mol. The first-order chi connectivity index (χ1) is 12.2. The van der Waals surface area contributed by atoms with Crippen LogP contribution in [0, 0.1) is 17.6 Å². The molecule has 6 heteroatoms. The number of piperidine rings is 1. The van der Waals surface area contributed by atoms with E-state index in [0.717, 1.165) is 25.9 Å². The van der Waals surface area contributed by atoms with E-state index in [1.807, 2.05) is 0 Å². The van der Waals surface area contributed by atoms with Crippen LogP contribution >= 0.6 is 0 Å². The molecule has 1 N–H and O–H groups in total. The van der Waals surface area contributed by atoms with Crippen LogP contribution in [0.15, 0.2) is 42.5 Å². The number of hydrogen-bond donors (Lipinski definition) is 1. The smallest absolute Gasteiger partial charge is 0.241 e. The number of benzene rings is 2. The average Bonchev–Trinajstić information content (AvgIpc) is 2.99. The Morgan fingerprint density at radius 1 is 1.20 bits per heavy atom. The highest BCUT2D eigenvalue weighted by Crippen LogP contribution is 2.29. The standard InChI is InChI=1S/C19H19F2N3O/c20-14-7-8-17-15(10-14)19(25-12-13-4-3-9-22-11-13)23-24(17)18-6-2-1-5-16(18)21/h1-2,5-8,10,13,22H,3-4,9,11-12H2/t13-/m0/s1. The minimum absolute atomic E-state index is 0.313. The second-order valence-electron chi connectivity index (χ2n) is 6.35. The van der Waals surface area contributed by atoms with E-state index in [4.69, 9.17) is 4.74 Å². The van der Waals surface area contributed by atoms with Crippen LogP contribution in [0.2, 0.25) is 0 Å². The van der Waals surface area contributed by atoms with Crippen molar-refractivity contribution in [3.05, 3.63) is 54.1 Å². The van der Waals surface area contributed by atoms with Gasteiger partial charge in [0.25, 0.3) is 0 Å². The molecule has 3 aromatic rings. The third-order valence-corrected chi connectivity index (χ3v) is 4.54. The molecular weight excluding hydrogens is 324 g/mol. The van der Waals surface area contributed by atoms with Gasteiger partial charge in [-0.1, -0.05) is 12.1 Å². The summed E-state index contributed by atoms with van der Waals surface area (Å²) < 4.78 is 35.3. The molecule has 0 unspecified atom stereocenters. The molecule has 130 valence electrons. The van der Waals surface area contributed by atoms with E-state index in [1.54, 1.807) is 24.3 Å². The minimum atomic E-state index is -0.390. The molecular formula is C19H19F2N3O. The molecule has 25 heavy (non-hydrogen) atoms. The maximum Gasteiger partial charge on any atom is 0.241 e. The SMILES string of the molecule is Fc1ccc2c(c1)c(OC[C@H]1CCCNC1)nn2-c1ccccc1F. The second kappa shape index (κ2) is 6.80. The molecule has 4 rings (SSSR count). The van der Waals surface area contributed by atoms with Crippen LogP contribution in [0.5, 0.6) is 5.88 Å². The van der Waals surface area contributed by atoms with Gasteiger partial charge in [0.1, 0.15) is 17.3 Å². The van der Waals surface area contributed by atoms with Gasteiger partial charge in [0.05, 0.1) is 17.5 Å².